The molecule has 152 valence electrons. The number of hydrogen-bond acceptors (Lipinski definition) is 2. The van der Waals surface area contributed by atoms with Crippen molar-refractivity contribution >= 4 is 11.9 Å². The number of unbranched alkanes of at least 4 members (excludes halogenated alkanes) is 8. The van der Waals surface area contributed by atoms with Crippen LogP contribution in [-0.2, 0) is 9.59 Å². The van der Waals surface area contributed by atoms with Gasteiger partial charge < -0.3 is 10.2 Å². The van der Waals surface area contributed by atoms with Gasteiger partial charge in [0.25, 0.3) is 0 Å². The van der Waals surface area contributed by atoms with Crippen LogP contribution in [0.2, 0.25) is 0 Å². The van der Waals surface area contributed by atoms with Crippen molar-refractivity contribution < 1.29 is 19.8 Å². The summed E-state index contributed by atoms with van der Waals surface area (Å²) in [7, 11) is 0. The van der Waals surface area contributed by atoms with Gasteiger partial charge in [0.05, 0.1) is 0 Å². The summed E-state index contributed by atoms with van der Waals surface area (Å²) in [6.45, 7) is 4.39. The number of allylic oxidation sites excluding steroid dienone is 4. The minimum Gasteiger partial charge on any atom is -0.481 e. The molecule has 0 amide bonds. The Hall–Kier alpha value is -1.58. The lowest BCUT2D eigenvalue weighted by atomic mass is 10.1. The van der Waals surface area contributed by atoms with Crippen molar-refractivity contribution in [3.8, 4) is 0 Å². The van der Waals surface area contributed by atoms with Crippen molar-refractivity contribution in [3.05, 3.63) is 24.3 Å². The average molecular weight is 369 g/mol. The zero-order valence-corrected chi connectivity index (χ0v) is 16.9. The molecule has 0 radical (unpaired) electrons. The Morgan fingerprint density at radius 2 is 0.923 bits per heavy atom. The van der Waals surface area contributed by atoms with E-state index < -0.39 is 11.9 Å². The summed E-state index contributed by atoms with van der Waals surface area (Å²) in [4.78, 5) is 20.3. The van der Waals surface area contributed by atoms with Crippen LogP contribution in [0.15, 0.2) is 24.3 Å². The summed E-state index contributed by atoms with van der Waals surface area (Å²) >= 11 is 0. The molecule has 2 N–H and O–H groups in total. The maximum absolute atomic E-state index is 10.2. The molecule has 0 saturated heterocycles. The number of aliphatic carboxylic acids is 2. The highest BCUT2D eigenvalue weighted by atomic mass is 16.4. The zero-order chi connectivity index (χ0) is 19.9. The average Bonchev–Trinajstić information content (AvgIpc) is 2.59. The molecule has 0 aliphatic heterocycles. The molecule has 0 aromatic rings. The molecule has 0 aromatic heterocycles. The van der Waals surface area contributed by atoms with E-state index in [0.717, 1.165) is 12.8 Å². The van der Waals surface area contributed by atoms with E-state index in [9.17, 15) is 9.59 Å². The van der Waals surface area contributed by atoms with Crippen LogP contribution in [0.5, 0.6) is 0 Å². The van der Waals surface area contributed by atoms with Crippen molar-refractivity contribution in [2.75, 3.05) is 0 Å². The highest BCUT2D eigenvalue weighted by Crippen LogP contribution is 2.05. The molecule has 4 heteroatoms. The minimum atomic E-state index is -0.715. The van der Waals surface area contributed by atoms with Gasteiger partial charge in [-0.2, -0.15) is 0 Å². The standard InChI is InChI=1S/C12H22O2.C10H18O2/c1-2-3-4-5-6-7-8-9-10-11-12(13)14;1-2-3-4-5-6-7-8-9-10(11)12/h8-9H,2-7,10-11H2,1H3,(H,13,14);6-7H,2-5,8-9H2,1H3,(H,11,12)/b9-8+;7-6+. The van der Waals surface area contributed by atoms with Crippen molar-refractivity contribution in [3.63, 3.8) is 0 Å². The molecule has 0 atom stereocenters. The lowest BCUT2D eigenvalue weighted by Crippen LogP contribution is -1.91. The fraction of sp³-hybridized carbons (Fsp3) is 0.727. The van der Waals surface area contributed by atoms with Crippen LogP contribution in [0.1, 0.15) is 104 Å². The van der Waals surface area contributed by atoms with Gasteiger partial charge in [0.2, 0.25) is 0 Å². The Morgan fingerprint density at radius 1 is 0.577 bits per heavy atom. The molecule has 0 fully saturated rings. The summed E-state index contributed by atoms with van der Waals surface area (Å²) in [5.41, 5.74) is 0. The Morgan fingerprint density at radius 3 is 1.35 bits per heavy atom. The monoisotopic (exact) mass is 368 g/mol. The molecule has 0 unspecified atom stereocenters. The molecule has 26 heavy (non-hydrogen) atoms. The second-order valence-corrected chi connectivity index (χ2v) is 6.51. The predicted molar refractivity (Wildman–Crippen MR) is 110 cm³/mol. The third-order valence-electron chi connectivity index (χ3n) is 3.83. The fourth-order valence-corrected chi connectivity index (χ4v) is 2.26. The summed E-state index contributed by atoms with van der Waals surface area (Å²) in [6, 6.07) is 0. The van der Waals surface area contributed by atoms with E-state index in [1.54, 1.807) is 0 Å². The Labute approximate surface area is 160 Å². The van der Waals surface area contributed by atoms with Crippen LogP contribution in [0.3, 0.4) is 0 Å². The van der Waals surface area contributed by atoms with Gasteiger partial charge in [-0.25, -0.2) is 0 Å². The topological polar surface area (TPSA) is 74.6 Å². The molecular weight excluding hydrogens is 328 g/mol. The summed E-state index contributed by atoms with van der Waals surface area (Å²) in [6.07, 6.45) is 22.4. The summed E-state index contributed by atoms with van der Waals surface area (Å²) < 4.78 is 0. The van der Waals surface area contributed by atoms with E-state index in [1.165, 1.54) is 51.4 Å². The molecule has 0 aliphatic carbocycles. The normalized spacial score (nSPS) is 10.8. The maximum atomic E-state index is 10.2. The number of hydrogen-bond donors (Lipinski definition) is 2. The van der Waals surface area contributed by atoms with E-state index in [-0.39, 0.29) is 12.8 Å². The van der Waals surface area contributed by atoms with Gasteiger partial charge in [-0.3, -0.25) is 9.59 Å². The molecule has 0 saturated carbocycles. The molecule has 0 heterocycles. The van der Waals surface area contributed by atoms with Crippen LogP contribution in [0, 0.1) is 0 Å². The second-order valence-electron chi connectivity index (χ2n) is 6.51. The smallest absolute Gasteiger partial charge is 0.303 e. The molecule has 0 bridgehead atoms. The lowest BCUT2D eigenvalue weighted by Gasteiger charge is -1.95. The van der Waals surface area contributed by atoms with E-state index in [2.05, 4.69) is 26.0 Å². The van der Waals surface area contributed by atoms with Gasteiger partial charge in [0.1, 0.15) is 0 Å². The summed E-state index contributed by atoms with van der Waals surface area (Å²) in [5, 5.41) is 16.7. The first kappa shape index (κ1) is 26.6. The van der Waals surface area contributed by atoms with E-state index in [4.69, 9.17) is 10.2 Å². The Balaban J connectivity index is 0. The highest BCUT2D eigenvalue weighted by molar-refractivity contribution is 5.67. The van der Waals surface area contributed by atoms with Gasteiger partial charge in [-0.1, -0.05) is 76.7 Å². The van der Waals surface area contributed by atoms with Crippen LogP contribution in [-0.4, -0.2) is 22.2 Å². The third kappa shape index (κ3) is 30.3. The van der Waals surface area contributed by atoms with Gasteiger partial charge >= 0.3 is 11.9 Å². The quantitative estimate of drug-likeness (QED) is 0.233. The van der Waals surface area contributed by atoms with Crippen molar-refractivity contribution in [2.24, 2.45) is 0 Å². The first-order valence-corrected chi connectivity index (χ1v) is 10.3. The molecule has 0 spiro atoms. The second kappa shape index (κ2) is 23.4. The number of carboxylic acid groups (broad SMARTS) is 2. The van der Waals surface area contributed by atoms with E-state index in [1.807, 2.05) is 12.2 Å². The summed E-state index contributed by atoms with van der Waals surface area (Å²) in [5.74, 6) is -1.43. The Bertz CT molecular complexity index is 372. The fourth-order valence-electron chi connectivity index (χ4n) is 2.26. The van der Waals surface area contributed by atoms with Crippen LogP contribution < -0.4 is 0 Å². The highest BCUT2D eigenvalue weighted by Gasteiger charge is 1.92. The van der Waals surface area contributed by atoms with E-state index in [0.29, 0.717) is 12.8 Å². The number of carboxylic acids is 2. The molecular formula is C22H40O4. The molecule has 0 aliphatic rings. The van der Waals surface area contributed by atoms with Crippen molar-refractivity contribution in [2.45, 2.75) is 104 Å². The first-order valence-electron chi connectivity index (χ1n) is 10.3. The van der Waals surface area contributed by atoms with Crippen molar-refractivity contribution in [1.82, 2.24) is 0 Å². The van der Waals surface area contributed by atoms with Gasteiger partial charge in [-0.05, 0) is 38.5 Å². The molecule has 0 aromatic carbocycles. The number of rotatable bonds is 16. The van der Waals surface area contributed by atoms with Crippen LogP contribution in [0.25, 0.3) is 0 Å². The SMILES string of the molecule is CCCCC/C=C/CCC(=O)O.CCCCCCC/C=C/CCC(=O)O. The molecule has 4 nitrogen and oxygen atoms in total. The van der Waals surface area contributed by atoms with E-state index >= 15 is 0 Å². The Kier molecular flexibility index (Phi) is 24.0. The largest absolute Gasteiger partial charge is 0.481 e. The third-order valence-corrected chi connectivity index (χ3v) is 3.83. The van der Waals surface area contributed by atoms with Crippen LogP contribution >= 0.6 is 0 Å². The predicted octanol–water partition coefficient (Wildman–Crippen LogP) is 6.76. The zero-order valence-electron chi connectivity index (χ0n) is 16.9. The maximum Gasteiger partial charge on any atom is 0.303 e. The van der Waals surface area contributed by atoms with Crippen LogP contribution in [0.4, 0.5) is 0 Å². The van der Waals surface area contributed by atoms with Gasteiger partial charge in [-0.15, -0.1) is 0 Å². The lowest BCUT2D eigenvalue weighted by molar-refractivity contribution is -0.137. The molecule has 0 rings (SSSR count). The first-order chi connectivity index (χ1) is 12.5. The van der Waals surface area contributed by atoms with Gasteiger partial charge in [0, 0.05) is 12.8 Å². The number of carbonyl (C=O) groups is 2. The van der Waals surface area contributed by atoms with Gasteiger partial charge in [0.15, 0.2) is 0 Å². The van der Waals surface area contributed by atoms with Crippen molar-refractivity contribution in [1.29, 1.82) is 0 Å². The minimum absolute atomic E-state index is 0.254.